The van der Waals surface area contributed by atoms with Crippen LogP contribution in [0.2, 0.25) is 0 Å². The van der Waals surface area contributed by atoms with Crippen LogP contribution in [0.25, 0.3) is 16.8 Å². The van der Waals surface area contributed by atoms with Crippen molar-refractivity contribution in [2.75, 3.05) is 16.8 Å². The van der Waals surface area contributed by atoms with Crippen molar-refractivity contribution in [1.29, 1.82) is 0 Å². The van der Waals surface area contributed by atoms with Crippen LogP contribution in [0.15, 0.2) is 133 Å². The van der Waals surface area contributed by atoms with Crippen LogP contribution in [0, 0.1) is 0 Å². The summed E-state index contributed by atoms with van der Waals surface area (Å²) in [6, 6.07) is 41.3. The van der Waals surface area contributed by atoms with Gasteiger partial charge in [-0.3, -0.25) is 9.59 Å². The van der Waals surface area contributed by atoms with Gasteiger partial charge in [0.15, 0.2) is 6.29 Å². The number of nitrogens with one attached hydrogen (secondary N) is 2. The number of nitrogens with zero attached hydrogens (tertiary/aromatic N) is 4. The number of unbranched alkanes of at least 4 members (excludes halogenated alkanes) is 3. The Bertz CT molecular complexity index is 2270. The van der Waals surface area contributed by atoms with Crippen molar-refractivity contribution in [3.63, 3.8) is 0 Å². The molecule has 12 nitrogen and oxygen atoms in total. The molecule has 1 aliphatic heterocycles. The Kier molecular flexibility index (Phi) is 14.5. The molecule has 2 amide bonds. The Labute approximate surface area is 348 Å². The lowest BCUT2D eigenvalue weighted by Gasteiger charge is -2.36. The van der Waals surface area contributed by atoms with Crippen LogP contribution in [0.3, 0.4) is 0 Å². The average molecular weight is 812 g/mol. The number of carbonyl (C=O) groups excluding carboxylic acids is 2. The molecular weight excluding hydrogens is 763 g/mol. The quantitative estimate of drug-likeness (QED) is 0.0377. The van der Waals surface area contributed by atoms with Gasteiger partial charge in [0.1, 0.15) is 0 Å². The lowest BCUT2D eigenvalue weighted by molar-refractivity contribution is -0.245. The van der Waals surface area contributed by atoms with Crippen molar-refractivity contribution in [2.45, 2.75) is 81.8 Å². The van der Waals surface area contributed by atoms with Crippen LogP contribution >= 0.6 is 11.8 Å². The molecule has 0 spiro atoms. The largest absolute Gasteiger partial charge is 0.397 e. The van der Waals surface area contributed by atoms with E-state index < -0.39 is 6.29 Å². The number of nitrogen functional groups attached to an aromatic ring is 1. The number of para-hydroxylation sites is 3. The summed E-state index contributed by atoms with van der Waals surface area (Å²) in [5, 5.41) is 28.6. The van der Waals surface area contributed by atoms with E-state index >= 15 is 0 Å². The summed E-state index contributed by atoms with van der Waals surface area (Å²) in [5.74, 6) is 0.576. The first-order valence-electron chi connectivity index (χ1n) is 20.0. The SMILES string of the molecule is Nc1ccccc1NC(=O)CCCCCCC(=O)NCc1cccc(-c2ccc([C@H]3O[C@@H](CSc4nnnn4-c4ccccc4)C[C@@H](c4ccc(CO)cc4)O3)cc2)c1. The predicted octanol–water partition coefficient (Wildman–Crippen LogP) is 8.34. The van der Waals surface area contributed by atoms with Crippen LogP contribution in [-0.4, -0.2) is 49.0 Å². The van der Waals surface area contributed by atoms with Gasteiger partial charge in [0.2, 0.25) is 17.0 Å². The highest BCUT2D eigenvalue weighted by Gasteiger charge is 2.33. The predicted molar refractivity (Wildman–Crippen MR) is 229 cm³/mol. The number of carbonyl (C=O) groups is 2. The molecule has 0 saturated carbocycles. The van der Waals surface area contributed by atoms with E-state index in [4.69, 9.17) is 15.2 Å². The van der Waals surface area contributed by atoms with E-state index in [1.807, 2.05) is 91.0 Å². The highest BCUT2D eigenvalue weighted by molar-refractivity contribution is 7.99. The first-order valence-corrected chi connectivity index (χ1v) is 21.0. The zero-order valence-electron chi connectivity index (χ0n) is 32.8. The number of nitrogens with two attached hydrogens (primary N) is 1. The zero-order chi connectivity index (χ0) is 40.8. The van der Waals surface area contributed by atoms with Crippen molar-refractivity contribution in [2.24, 2.45) is 0 Å². The molecule has 1 saturated heterocycles. The van der Waals surface area contributed by atoms with Crippen molar-refractivity contribution >= 4 is 35.0 Å². The second-order valence-electron chi connectivity index (χ2n) is 14.5. The van der Waals surface area contributed by atoms with Crippen molar-refractivity contribution in [3.8, 4) is 16.8 Å². The van der Waals surface area contributed by atoms with Crippen molar-refractivity contribution < 1.29 is 24.2 Å². The number of tetrazole rings is 1. The molecule has 0 aliphatic carbocycles. The smallest absolute Gasteiger partial charge is 0.224 e. The first-order chi connectivity index (χ1) is 28.9. The van der Waals surface area contributed by atoms with Gasteiger partial charge in [0.25, 0.3) is 0 Å². The van der Waals surface area contributed by atoms with Crippen LogP contribution in [0.1, 0.15) is 79.6 Å². The minimum Gasteiger partial charge on any atom is -0.397 e. The highest BCUT2D eigenvalue weighted by atomic mass is 32.2. The van der Waals surface area contributed by atoms with Crippen molar-refractivity contribution in [1.82, 2.24) is 25.5 Å². The molecule has 1 fully saturated rings. The Morgan fingerprint density at radius 1 is 0.763 bits per heavy atom. The molecule has 304 valence electrons. The molecule has 6 aromatic rings. The second-order valence-corrected chi connectivity index (χ2v) is 15.5. The maximum absolute atomic E-state index is 12.6. The fraction of sp³-hybridized carbons (Fsp3) is 0.283. The Balaban J connectivity index is 0.908. The van der Waals surface area contributed by atoms with Gasteiger partial charge < -0.3 is 30.9 Å². The van der Waals surface area contributed by atoms with E-state index in [9.17, 15) is 14.7 Å². The molecule has 2 heterocycles. The molecule has 3 atom stereocenters. The lowest BCUT2D eigenvalue weighted by Crippen LogP contribution is -2.31. The maximum Gasteiger partial charge on any atom is 0.224 e. The van der Waals surface area contributed by atoms with Gasteiger partial charge in [-0.15, -0.1) is 5.10 Å². The standard InChI is InChI=1S/C46H49N7O5S/c47-40-15-8-9-16-41(40)49-44(56)18-7-2-1-6-17-43(55)48-29-33-11-10-12-37(27-33)34-23-25-36(26-24-34)45-57-39(28-42(58-45)35-21-19-32(30-54)20-22-35)31-59-46-50-51-52-53(46)38-13-4-3-5-14-38/h3-5,8-16,19-27,39,42,45,54H,1-2,6-7,17-18,28-31,47H2,(H,48,55)(H,49,56)/t39-,42+,45+/m1/s1. The van der Waals surface area contributed by atoms with Gasteiger partial charge in [-0.25, -0.2) is 0 Å². The molecule has 1 aliphatic rings. The summed E-state index contributed by atoms with van der Waals surface area (Å²) < 4.78 is 14.9. The van der Waals surface area contributed by atoms with E-state index in [1.165, 1.54) is 0 Å². The number of amides is 2. The number of aliphatic hydroxyl groups excluding tert-OH is 1. The molecule has 7 rings (SSSR count). The number of thioether (sulfide) groups is 1. The van der Waals surface area contributed by atoms with Gasteiger partial charge in [-0.2, -0.15) is 4.68 Å². The number of aromatic nitrogens is 4. The number of ether oxygens (including phenoxy) is 2. The van der Waals surface area contributed by atoms with Gasteiger partial charge >= 0.3 is 0 Å². The Hall–Kier alpha value is -5.86. The minimum absolute atomic E-state index is 0.0126. The fourth-order valence-electron chi connectivity index (χ4n) is 6.92. The molecule has 0 bridgehead atoms. The van der Waals surface area contributed by atoms with Gasteiger partial charge in [-0.1, -0.05) is 122 Å². The Morgan fingerprint density at radius 2 is 1.49 bits per heavy atom. The third-order valence-electron chi connectivity index (χ3n) is 10.2. The van der Waals surface area contributed by atoms with E-state index in [-0.39, 0.29) is 30.6 Å². The number of hydrogen-bond acceptors (Lipinski definition) is 10. The highest BCUT2D eigenvalue weighted by Crippen LogP contribution is 2.40. The van der Waals surface area contributed by atoms with Gasteiger partial charge in [0.05, 0.1) is 35.9 Å². The second kappa shape index (κ2) is 20.7. The topological polar surface area (TPSA) is 167 Å². The number of rotatable bonds is 18. The monoisotopic (exact) mass is 811 g/mol. The maximum atomic E-state index is 12.6. The molecule has 1 aromatic heterocycles. The van der Waals surface area contributed by atoms with Crippen LogP contribution in [0.4, 0.5) is 11.4 Å². The van der Waals surface area contributed by atoms with Crippen LogP contribution in [-0.2, 0) is 32.2 Å². The number of anilines is 2. The summed E-state index contributed by atoms with van der Waals surface area (Å²) >= 11 is 1.54. The van der Waals surface area contributed by atoms with Crippen LogP contribution < -0.4 is 16.4 Å². The summed E-state index contributed by atoms with van der Waals surface area (Å²) in [6.07, 6.45) is 3.81. The van der Waals surface area contributed by atoms with Crippen molar-refractivity contribution in [3.05, 3.63) is 150 Å². The average Bonchev–Trinajstić information content (AvgIpc) is 3.76. The normalized spacial score (nSPS) is 16.4. The molecule has 5 N–H and O–H groups in total. The third kappa shape index (κ3) is 11.6. The molecular formula is C46H49N7O5S. The zero-order valence-corrected chi connectivity index (χ0v) is 33.6. The molecule has 13 heteroatoms. The number of benzene rings is 5. The van der Waals surface area contributed by atoms with Crippen LogP contribution in [0.5, 0.6) is 0 Å². The third-order valence-corrected chi connectivity index (χ3v) is 11.2. The Morgan fingerprint density at radius 3 is 2.25 bits per heavy atom. The van der Waals surface area contributed by atoms with E-state index in [1.54, 1.807) is 28.6 Å². The molecule has 59 heavy (non-hydrogen) atoms. The summed E-state index contributed by atoms with van der Waals surface area (Å²) in [4.78, 5) is 24.9. The van der Waals surface area contributed by atoms with E-state index in [0.29, 0.717) is 48.1 Å². The molecule has 0 radical (unpaired) electrons. The van der Waals surface area contributed by atoms with E-state index in [0.717, 1.165) is 64.8 Å². The van der Waals surface area contributed by atoms with Gasteiger partial charge in [-0.05, 0) is 81.4 Å². The number of aliphatic hydroxyl groups is 1. The molecule has 0 unspecified atom stereocenters. The molecule has 5 aromatic carbocycles. The minimum atomic E-state index is -0.600. The summed E-state index contributed by atoms with van der Waals surface area (Å²) in [6.45, 7) is 0.421. The van der Waals surface area contributed by atoms with E-state index in [2.05, 4.69) is 50.4 Å². The summed E-state index contributed by atoms with van der Waals surface area (Å²) in [5.41, 5.74) is 13.8. The van der Waals surface area contributed by atoms with Gasteiger partial charge in [0, 0.05) is 37.1 Å². The fourth-order valence-corrected chi connectivity index (χ4v) is 7.83. The number of hydrogen-bond donors (Lipinski definition) is 4. The summed E-state index contributed by atoms with van der Waals surface area (Å²) in [7, 11) is 0. The first kappa shape index (κ1) is 41.3. The lowest BCUT2D eigenvalue weighted by atomic mass is 9.99.